The third-order valence-electron chi connectivity index (χ3n) is 5.57. The van der Waals surface area contributed by atoms with Crippen molar-refractivity contribution in [3.05, 3.63) is 77.3 Å². The van der Waals surface area contributed by atoms with Crippen LogP contribution in [0.2, 0.25) is 0 Å². The van der Waals surface area contributed by atoms with Crippen molar-refractivity contribution in [1.82, 2.24) is 4.90 Å². The largest absolute Gasteiger partial charge is 0.507 e. The molecule has 2 unspecified atom stereocenters. The minimum atomic E-state index is -0.621. The molecule has 1 saturated heterocycles. The summed E-state index contributed by atoms with van der Waals surface area (Å²) in [6.07, 6.45) is 8.29. The highest BCUT2D eigenvalue weighted by molar-refractivity contribution is 6.46. The maximum Gasteiger partial charge on any atom is 0.295 e. The number of allylic oxidation sites excluding steroid dienone is 2. The number of ketones is 1. The number of aliphatic hydroxyl groups excluding tert-OH is 1. The van der Waals surface area contributed by atoms with Gasteiger partial charge in [-0.25, -0.2) is 0 Å². The van der Waals surface area contributed by atoms with E-state index in [-0.39, 0.29) is 23.8 Å². The summed E-state index contributed by atoms with van der Waals surface area (Å²) in [6, 6.07) is 10.4. The molecular weight excluding hydrogens is 354 g/mol. The second-order valence-corrected chi connectivity index (χ2v) is 7.46. The molecule has 5 nitrogen and oxygen atoms in total. The van der Waals surface area contributed by atoms with Gasteiger partial charge in [-0.1, -0.05) is 42.0 Å². The second kappa shape index (κ2) is 7.50. The Labute approximate surface area is 164 Å². The van der Waals surface area contributed by atoms with Crippen molar-refractivity contribution >= 4 is 17.4 Å². The zero-order valence-corrected chi connectivity index (χ0v) is 15.8. The van der Waals surface area contributed by atoms with Crippen molar-refractivity contribution in [2.24, 2.45) is 5.92 Å². The number of hydrogen-bond donors (Lipinski definition) is 1. The molecule has 1 N–H and O–H groups in total. The minimum Gasteiger partial charge on any atom is -0.507 e. The standard InChI is InChI=1S/C23H23NO4/c1-15-9-11-17(12-10-15)21(25)19-20(16-6-3-2-4-7-16)24(23(27)22(19)26)14-18-8-5-13-28-18/h2-3,5,8-13,16,20,25H,4,6-7,14H2,1H3/b21-19+. The predicted octanol–water partition coefficient (Wildman–Crippen LogP) is 4.19. The fourth-order valence-corrected chi connectivity index (χ4v) is 4.11. The number of furan rings is 1. The van der Waals surface area contributed by atoms with Gasteiger partial charge < -0.3 is 14.4 Å². The number of Topliss-reactive ketones (excluding diaryl/α,β-unsaturated/α-hetero) is 1. The quantitative estimate of drug-likeness (QED) is 0.375. The van der Waals surface area contributed by atoms with Crippen molar-refractivity contribution in [3.8, 4) is 0 Å². The van der Waals surface area contributed by atoms with E-state index in [9.17, 15) is 14.7 Å². The summed E-state index contributed by atoms with van der Waals surface area (Å²) in [4.78, 5) is 27.3. The number of aryl methyl sites for hydroxylation is 1. The third-order valence-corrected chi connectivity index (χ3v) is 5.57. The van der Waals surface area contributed by atoms with E-state index in [0.29, 0.717) is 11.3 Å². The highest BCUT2D eigenvalue weighted by atomic mass is 16.3. The smallest absolute Gasteiger partial charge is 0.295 e. The van der Waals surface area contributed by atoms with Gasteiger partial charge >= 0.3 is 0 Å². The predicted molar refractivity (Wildman–Crippen MR) is 105 cm³/mol. The van der Waals surface area contributed by atoms with Crippen LogP contribution < -0.4 is 0 Å². The van der Waals surface area contributed by atoms with Crippen LogP contribution in [0.4, 0.5) is 0 Å². The normalized spacial score (nSPS) is 24.1. The lowest BCUT2D eigenvalue weighted by atomic mass is 9.83. The van der Waals surface area contributed by atoms with Gasteiger partial charge in [-0.2, -0.15) is 0 Å². The summed E-state index contributed by atoms with van der Waals surface area (Å²) in [5, 5.41) is 11.0. The molecule has 2 aliphatic rings. The van der Waals surface area contributed by atoms with Crippen molar-refractivity contribution in [2.75, 3.05) is 0 Å². The van der Waals surface area contributed by atoms with Gasteiger partial charge in [0.25, 0.3) is 11.7 Å². The second-order valence-electron chi connectivity index (χ2n) is 7.46. The monoisotopic (exact) mass is 377 g/mol. The minimum absolute atomic E-state index is 0.0814. The number of rotatable bonds is 4. The van der Waals surface area contributed by atoms with Crippen molar-refractivity contribution in [1.29, 1.82) is 0 Å². The van der Waals surface area contributed by atoms with E-state index in [1.807, 2.05) is 19.1 Å². The summed E-state index contributed by atoms with van der Waals surface area (Å²) < 4.78 is 5.41. The molecule has 0 saturated carbocycles. The highest BCUT2D eigenvalue weighted by Gasteiger charge is 2.48. The first-order valence-electron chi connectivity index (χ1n) is 9.59. The number of amides is 1. The van der Waals surface area contributed by atoms with Gasteiger partial charge in [-0.05, 0) is 44.2 Å². The van der Waals surface area contributed by atoms with Gasteiger partial charge in [-0.3, -0.25) is 9.59 Å². The summed E-state index contributed by atoms with van der Waals surface area (Å²) in [7, 11) is 0. The fraction of sp³-hybridized carbons (Fsp3) is 0.304. The molecule has 5 heteroatoms. The number of nitrogens with zero attached hydrogens (tertiary/aromatic N) is 1. The number of aliphatic hydroxyl groups is 1. The SMILES string of the molecule is Cc1ccc(/C(O)=C2\C(=O)C(=O)N(Cc3ccco3)C2C2CC=CCC2)cc1. The van der Waals surface area contributed by atoms with Crippen LogP contribution in [0.1, 0.15) is 36.1 Å². The van der Waals surface area contributed by atoms with E-state index in [1.54, 1.807) is 35.4 Å². The molecule has 1 fully saturated rings. The fourth-order valence-electron chi connectivity index (χ4n) is 4.11. The Bertz CT molecular complexity index is 937. The number of carbonyl (C=O) groups is 2. The summed E-state index contributed by atoms with van der Waals surface area (Å²) in [6.45, 7) is 2.17. The van der Waals surface area contributed by atoms with Crippen LogP contribution in [0, 0.1) is 12.8 Å². The molecule has 1 aromatic heterocycles. The number of carbonyl (C=O) groups excluding carboxylic acids is 2. The first-order valence-corrected chi connectivity index (χ1v) is 9.59. The van der Waals surface area contributed by atoms with Gasteiger partial charge in [0, 0.05) is 5.56 Å². The Hall–Kier alpha value is -3.08. The molecule has 1 aliphatic carbocycles. The Morgan fingerprint density at radius 1 is 1.18 bits per heavy atom. The molecule has 4 rings (SSSR count). The molecule has 1 amide bonds. The maximum absolute atomic E-state index is 12.9. The first-order chi connectivity index (χ1) is 13.6. The van der Waals surface area contributed by atoms with Gasteiger partial charge in [0.05, 0.1) is 24.4 Å². The zero-order chi connectivity index (χ0) is 19.7. The van der Waals surface area contributed by atoms with Crippen LogP contribution in [0.25, 0.3) is 5.76 Å². The lowest BCUT2D eigenvalue weighted by Gasteiger charge is -2.32. The molecule has 2 aromatic rings. The highest BCUT2D eigenvalue weighted by Crippen LogP contribution is 2.38. The molecule has 28 heavy (non-hydrogen) atoms. The average molecular weight is 377 g/mol. The summed E-state index contributed by atoms with van der Waals surface area (Å²) in [5.41, 5.74) is 1.82. The molecule has 1 aliphatic heterocycles. The third kappa shape index (κ3) is 3.28. The van der Waals surface area contributed by atoms with E-state index in [4.69, 9.17) is 4.42 Å². The Morgan fingerprint density at radius 3 is 2.61 bits per heavy atom. The van der Waals surface area contributed by atoms with Crippen LogP contribution >= 0.6 is 0 Å². The number of likely N-dealkylation sites (tertiary alicyclic amines) is 1. The lowest BCUT2D eigenvalue weighted by molar-refractivity contribution is -0.140. The lowest BCUT2D eigenvalue weighted by Crippen LogP contribution is -2.39. The number of hydrogen-bond acceptors (Lipinski definition) is 4. The van der Waals surface area contributed by atoms with Crippen LogP contribution in [0.5, 0.6) is 0 Å². The van der Waals surface area contributed by atoms with E-state index in [2.05, 4.69) is 12.2 Å². The van der Waals surface area contributed by atoms with Gasteiger partial charge in [0.1, 0.15) is 11.5 Å². The van der Waals surface area contributed by atoms with Gasteiger partial charge in [0.2, 0.25) is 0 Å². The van der Waals surface area contributed by atoms with E-state index >= 15 is 0 Å². The van der Waals surface area contributed by atoms with Crippen molar-refractivity contribution in [3.63, 3.8) is 0 Å². The maximum atomic E-state index is 12.9. The van der Waals surface area contributed by atoms with Gasteiger partial charge in [0.15, 0.2) is 0 Å². The van der Waals surface area contributed by atoms with E-state index in [0.717, 1.165) is 24.8 Å². The first kappa shape index (κ1) is 18.3. The molecule has 2 heterocycles. The zero-order valence-electron chi connectivity index (χ0n) is 15.8. The van der Waals surface area contributed by atoms with Crippen molar-refractivity contribution < 1.29 is 19.1 Å². The molecular formula is C23H23NO4. The number of benzene rings is 1. The molecule has 1 aromatic carbocycles. The van der Waals surface area contributed by atoms with E-state index in [1.165, 1.54) is 0 Å². The van der Waals surface area contributed by atoms with Gasteiger partial charge in [-0.15, -0.1) is 0 Å². The summed E-state index contributed by atoms with van der Waals surface area (Å²) >= 11 is 0. The van der Waals surface area contributed by atoms with Crippen LogP contribution in [-0.4, -0.2) is 27.7 Å². The summed E-state index contributed by atoms with van der Waals surface area (Å²) in [5.74, 6) is -0.597. The molecule has 144 valence electrons. The Kier molecular flexibility index (Phi) is 4.90. The average Bonchev–Trinajstić information content (AvgIpc) is 3.31. The van der Waals surface area contributed by atoms with E-state index < -0.39 is 17.7 Å². The van der Waals surface area contributed by atoms with Crippen molar-refractivity contribution in [2.45, 2.75) is 38.8 Å². The molecule has 0 bridgehead atoms. The molecule has 2 atom stereocenters. The molecule has 0 radical (unpaired) electrons. The topological polar surface area (TPSA) is 70.8 Å². The van der Waals surface area contributed by atoms with Crippen LogP contribution in [-0.2, 0) is 16.1 Å². The Balaban J connectivity index is 1.79. The Morgan fingerprint density at radius 2 is 1.96 bits per heavy atom. The molecule has 0 spiro atoms. The van der Waals surface area contributed by atoms with Crippen LogP contribution in [0.3, 0.4) is 0 Å². The van der Waals surface area contributed by atoms with Crippen LogP contribution in [0.15, 0.2) is 64.8 Å².